The van der Waals surface area contributed by atoms with E-state index in [9.17, 15) is 9.18 Å². The maximum absolute atomic E-state index is 12.6. The lowest BCUT2D eigenvalue weighted by Crippen LogP contribution is -2.32. The number of nitrogens with two attached hydrogens (primary N) is 1. The van der Waals surface area contributed by atoms with Crippen molar-refractivity contribution in [3.05, 3.63) is 35.6 Å². The first-order valence-electron chi connectivity index (χ1n) is 5.15. The highest BCUT2D eigenvalue weighted by Gasteiger charge is 2.13. The average molecular weight is 225 g/mol. The summed E-state index contributed by atoms with van der Waals surface area (Å²) in [4.78, 5) is 11.6. The number of carbonyl (C=O) groups excluding carboxylic acids is 1. The van der Waals surface area contributed by atoms with Gasteiger partial charge in [-0.2, -0.15) is 0 Å². The number of ketones is 1. The van der Waals surface area contributed by atoms with Gasteiger partial charge in [-0.25, -0.2) is 4.39 Å². The summed E-state index contributed by atoms with van der Waals surface area (Å²) < 4.78 is 17.5. The minimum atomic E-state index is -0.509. The Morgan fingerprint density at radius 3 is 2.62 bits per heavy atom. The van der Waals surface area contributed by atoms with Crippen LogP contribution in [0.1, 0.15) is 12.0 Å². The highest BCUT2D eigenvalue weighted by atomic mass is 19.1. The van der Waals surface area contributed by atoms with Gasteiger partial charge in [-0.3, -0.25) is 4.79 Å². The third-order valence-corrected chi connectivity index (χ3v) is 2.34. The first-order chi connectivity index (χ1) is 7.63. The molecule has 0 aliphatic rings. The monoisotopic (exact) mass is 225 g/mol. The normalized spacial score (nSPS) is 12.4. The van der Waals surface area contributed by atoms with E-state index in [-0.39, 0.29) is 18.0 Å². The van der Waals surface area contributed by atoms with Crippen LogP contribution in [-0.2, 0) is 16.0 Å². The number of hydrogen-bond donors (Lipinski definition) is 1. The summed E-state index contributed by atoms with van der Waals surface area (Å²) in [5, 5.41) is 0. The zero-order chi connectivity index (χ0) is 12.0. The smallest absolute Gasteiger partial charge is 0.153 e. The third-order valence-electron chi connectivity index (χ3n) is 2.34. The topological polar surface area (TPSA) is 52.3 Å². The molecule has 4 heteroatoms. The molecule has 3 nitrogen and oxygen atoms in total. The van der Waals surface area contributed by atoms with Gasteiger partial charge in [0.15, 0.2) is 5.78 Å². The standard InChI is InChI=1S/C12H16FNO2/c1-16-7-6-11(14)12(15)8-9-2-4-10(13)5-3-9/h2-5,11H,6-8,14H2,1H3. The van der Waals surface area contributed by atoms with Gasteiger partial charge >= 0.3 is 0 Å². The third kappa shape index (κ3) is 4.08. The predicted octanol–water partition coefficient (Wildman–Crippen LogP) is 1.30. The van der Waals surface area contributed by atoms with E-state index in [1.807, 2.05) is 0 Å². The van der Waals surface area contributed by atoms with E-state index >= 15 is 0 Å². The predicted molar refractivity (Wildman–Crippen MR) is 59.6 cm³/mol. The van der Waals surface area contributed by atoms with Crippen molar-refractivity contribution < 1.29 is 13.9 Å². The van der Waals surface area contributed by atoms with Gasteiger partial charge in [0.2, 0.25) is 0 Å². The zero-order valence-corrected chi connectivity index (χ0v) is 9.28. The minimum Gasteiger partial charge on any atom is -0.385 e. The lowest BCUT2D eigenvalue weighted by atomic mass is 10.0. The van der Waals surface area contributed by atoms with Crippen molar-refractivity contribution in [1.82, 2.24) is 0 Å². The number of carbonyl (C=O) groups is 1. The van der Waals surface area contributed by atoms with Crippen LogP contribution in [0.3, 0.4) is 0 Å². The number of rotatable bonds is 6. The summed E-state index contributed by atoms with van der Waals surface area (Å²) in [7, 11) is 1.57. The molecule has 0 bridgehead atoms. The molecule has 0 aliphatic heterocycles. The Labute approximate surface area is 94.4 Å². The maximum atomic E-state index is 12.6. The van der Waals surface area contributed by atoms with Crippen molar-refractivity contribution >= 4 is 5.78 Å². The van der Waals surface area contributed by atoms with E-state index in [2.05, 4.69) is 0 Å². The van der Waals surface area contributed by atoms with Crippen molar-refractivity contribution in [1.29, 1.82) is 0 Å². The first kappa shape index (κ1) is 12.8. The van der Waals surface area contributed by atoms with E-state index in [1.165, 1.54) is 12.1 Å². The van der Waals surface area contributed by atoms with Crippen LogP contribution in [0.5, 0.6) is 0 Å². The van der Waals surface area contributed by atoms with Crippen LogP contribution in [0.25, 0.3) is 0 Å². The molecule has 1 unspecified atom stereocenters. The highest BCUT2D eigenvalue weighted by molar-refractivity contribution is 5.85. The van der Waals surface area contributed by atoms with Gasteiger partial charge in [-0.05, 0) is 24.1 Å². The van der Waals surface area contributed by atoms with E-state index in [0.717, 1.165) is 5.56 Å². The Morgan fingerprint density at radius 2 is 2.06 bits per heavy atom. The maximum Gasteiger partial charge on any atom is 0.153 e. The Kier molecular flexibility index (Phi) is 5.08. The SMILES string of the molecule is COCCC(N)C(=O)Cc1ccc(F)cc1. The summed E-state index contributed by atoms with van der Waals surface area (Å²) in [5.74, 6) is -0.358. The van der Waals surface area contributed by atoms with Gasteiger partial charge in [0.25, 0.3) is 0 Å². The highest BCUT2D eigenvalue weighted by Crippen LogP contribution is 2.05. The van der Waals surface area contributed by atoms with Crippen molar-refractivity contribution in [2.75, 3.05) is 13.7 Å². The van der Waals surface area contributed by atoms with Gasteiger partial charge in [0.05, 0.1) is 6.04 Å². The Bertz CT molecular complexity index is 337. The van der Waals surface area contributed by atoms with E-state index in [0.29, 0.717) is 13.0 Å². The Morgan fingerprint density at radius 1 is 1.44 bits per heavy atom. The number of Topliss-reactive ketones (excluding diaryl/α,β-unsaturated/α-hetero) is 1. The molecule has 0 heterocycles. The fourth-order valence-corrected chi connectivity index (χ4v) is 1.34. The molecule has 0 amide bonds. The van der Waals surface area contributed by atoms with E-state index in [4.69, 9.17) is 10.5 Å². The summed E-state index contributed by atoms with van der Waals surface area (Å²) in [6.07, 6.45) is 0.752. The lowest BCUT2D eigenvalue weighted by molar-refractivity contribution is -0.120. The van der Waals surface area contributed by atoms with Crippen LogP contribution in [0.2, 0.25) is 0 Å². The van der Waals surface area contributed by atoms with Crippen molar-refractivity contribution in [2.45, 2.75) is 18.9 Å². The second-order valence-corrected chi connectivity index (χ2v) is 3.66. The Balaban J connectivity index is 2.47. The molecule has 16 heavy (non-hydrogen) atoms. The number of hydrogen-bond acceptors (Lipinski definition) is 3. The quantitative estimate of drug-likeness (QED) is 0.794. The summed E-state index contributed by atoms with van der Waals surface area (Å²) in [6, 6.07) is 5.35. The second kappa shape index (κ2) is 6.35. The van der Waals surface area contributed by atoms with Crippen molar-refractivity contribution in [3.8, 4) is 0 Å². The lowest BCUT2D eigenvalue weighted by Gasteiger charge is -2.09. The van der Waals surface area contributed by atoms with Gasteiger partial charge in [-0.1, -0.05) is 12.1 Å². The fourth-order valence-electron chi connectivity index (χ4n) is 1.34. The molecule has 0 fully saturated rings. The zero-order valence-electron chi connectivity index (χ0n) is 9.28. The summed E-state index contributed by atoms with van der Waals surface area (Å²) in [6.45, 7) is 0.469. The van der Waals surface area contributed by atoms with Crippen LogP contribution in [0, 0.1) is 5.82 Å². The fraction of sp³-hybridized carbons (Fsp3) is 0.417. The molecule has 0 aliphatic carbocycles. The number of benzene rings is 1. The molecule has 0 radical (unpaired) electrons. The molecule has 1 aromatic carbocycles. The van der Waals surface area contributed by atoms with E-state index in [1.54, 1.807) is 19.2 Å². The molecule has 0 aromatic heterocycles. The number of halogens is 1. The largest absolute Gasteiger partial charge is 0.385 e. The van der Waals surface area contributed by atoms with Crippen LogP contribution < -0.4 is 5.73 Å². The van der Waals surface area contributed by atoms with Crippen LogP contribution in [0.15, 0.2) is 24.3 Å². The molecular weight excluding hydrogens is 209 g/mol. The molecule has 1 aromatic rings. The molecular formula is C12H16FNO2. The Hall–Kier alpha value is -1.26. The van der Waals surface area contributed by atoms with Gasteiger partial charge in [0, 0.05) is 20.1 Å². The van der Waals surface area contributed by atoms with Gasteiger partial charge in [0.1, 0.15) is 5.82 Å². The number of methoxy groups -OCH3 is 1. The molecule has 0 saturated heterocycles. The van der Waals surface area contributed by atoms with E-state index < -0.39 is 6.04 Å². The van der Waals surface area contributed by atoms with Crippen molar-refractivity contribution in [2.24, 2.45) is 5.73 Å². The van der Waals surface area contributed by atoms with Gasteiger partial charge in [-0.15, -0.1) is 0 Å². The minimum absolute atomic E-state index is 0.0522. The summed E-state index contributed by atoms with van der Waals surface area (Å²) >= 11 is 0. The molecule has 1 atom stereocenters. The van der Waals surface area contributed by atoms with Crippen LogP contribution >= 0.6 is 0 Å². The molecule has 0 spiro atoms. The number of ether oxygens (including phenoxy) is 1. The molecule has 2 N–H and O–H groups in total. The van der Waals surface area contributed by atoms with Crippen LogP contribution in [-0.4, -0.2) is 25.5 Å². The van der Waals surface area contributed by atoms with Crippen molar-refractivity contribution in [3.63, 3.8) is 0 Å². The molecule has 0 saturated carbocycles. The van der Waals surface area contributed by atoms with Crippen LogP contribution in [0.4, 0.5) is 4.39 Å². The summed E-state index contributed by atoms with van der Waals surface area (Å²) in [5.41, 5.74) is 6.45. The molecule has 88 valence electrons. The molecule has 1 rings (SSSR count). The second-order valence-electron chi connectivity index (χ2n) is 3.66. The average Bonchev–Trinajstić information content (AvgIpc) is 2.29. The first-order valence-corrected chi connectivity index (χ1v) is 5.15. The van der Waals surface area contributed by atoms with Gasteiger partial charge < -0.3 is 10.5 Å².